The van der Waals surface area contributed by atoms with Crippen molar-refractivity contribution >= 4 is 33.0 Å². The van der Waals surface area contributed by atoms with Crippen LogP contribution >= 0.6 is 0 Å². The summed E-state index contributed by atoms with van der Waals surface area (Å²) in [5.74, 6) is -0.133. The van der Waals surface area contributed by atoms with Crippen molar-refractivity contribution in [2.24, 2.45) is 0 Å². The van der Waals surface area contributed by atoms with Gasteiger partial charge in [0.2, 0.25) is 0 Å². The van der Waals surface area contributed by atoms with Crippen LogP contribution in [0.2, 0.25) is 0 Å². The van der Waals surface area contributed by atoms with Crippen molar-refractivity contribution in [3.05, 3.63) is 94.0 Å². The number of sulfonamides is 1. The summed E-state index contributed by atoms with van der Waals surface area (Å²) in [6.07, 6.45) is 0.537. The molecule has 0 bridgehead atoms. The van der Waals surface area contributed by atoms with Crippen LogP contribution in [0, 0.1) is 10.1 Å². The Morgan fingerprint density at radius 3 is 2.39 bits per heavy atom. The summed E-state index contributed by atoms with van der Waals surface area (Å²) >= 11 is 0. The van der Waals surface area contributed by atoms with Gasteiger partial charge >= 0.3 is 0 Å². The molecule has 4 rings (SSSR count). The van der Waals surface area contributed by atoms with Crippen LogP contribution in [0.4, 0.5) is 17.1 Å². The maximum Gasteiger partial charge on any atom is 0.269 e. The van der Waals surface area contributed by atoms with E-state index in [9.17, 15) is 23.3 Å². The average molecular weight is 437 g/mol. The predicted molar refractivity (Wildman–Crippen MR) is 117 cm³/mol. The van der Waals surface area contributed by atoms with E-state index in [4.69, 9.17) is 0 Å². The molecule has 0 unspecified atom stereocenters. The molecule has 158 valence electrons. The molecule has 0 radical (unpaired) electrons. The van der Waals surface area contributed by atoms with Gasteiger partial charge in [-0.2, -0.15) is 0 Å². The molecule has 1 atom stereocenters. The Morgan fingerprint density at radius 2 is 1.74 bits per heavy atom. The fourth-order valence-electron chi connectivity index (χ4n) is 3.67. The van der Waals surface area contributed by atoms with E-state index in [-0.39, 0.29) is 28.2 Å². The number of amides is 1. The number of nitrogens with one attached hydrogen (secondary N) is 1. The highest BCUT2D eigenvalue weighted by Gasteiger charge is 2.32. The predicted octanol–water partition coefficient (Wildman–Crippen LogP) is 3.99. The third-order valence-electron chi connectivity index (χ3n) is 5.15. The third-order valence-corrected chi connectivity index (χ3v) is 6.53. The molecule has 0 fully saturated rings. The number of rotatable bonds is 5. The summed E-state index contributed by atoms with van der Waals surface area (Å²) in [6.45, 7) is 1.92. The molecule has 9 heteroatoms. The molecule has 0 spiro atoms. The maximum atomic E-state index is 13.0. The van der Waals surface area contributed by atoms with Crippen molar-refractivity contribution in [1.82, 2.24) is 0 Å². The lowest BCUT2D eigenvalue weighted by atomic mass is 10.1. The molecular formula is C22H19N3O5S. The van der Waals surface area contributed by atoms with E-state index in [1.165, 1.54) is 30.3 Å². The average Bonchev–Trinajstić information content (AvgIpc) is 3.08. The van der Waals surface area contributed by atoms with E-state index in [2.05, 4.69) is 4.72 Å². The number of hydrogen-bond acceptors (Lipinski definition) is 5. The van der Waals surface area contributed by atoms with Gasteiger partial charge in [0.15, 0.2) is 0 Å². The van der Waals surface area contributed by atoms with Crippen molar-refractivity contribution in [3.8, 4) is 0 Å². The Bertz CT molecular complexity index is 1260. The monoisotopic (exact) mass is 437 g/mol. The first-order chi connectivity index (χ1) is 14.8. The van der Waals surface area contributed by atoms with Crippen LogP contribution in [0.25, 0.3) is 0 Å². The highest BCUT2D eigenvalue weighted by Crippen LogP contribution is 2.35. The number of benzene rings is 3. The van der Waals surface area contributed by atoms with Gasteiger partial charge in [-0.3, -0.25) is 19.6 Å². The van der Waals surface area contributed by atoms with Crippen LogP contribution < -0.4 is 9.62 Å². The number of nitrogens with zero attached hydrogens (tertiary/aromatic N) is 2. The highest BCUT2D eigenvalue weighted by atomic mass is 32.2. The van der Waals surface area contributed by atoms with Crippen LogP contribution in [0.15, 0.2) is 77.7 Å². The topological polar surface area (TPSA) is 110 Å². The lowest BCUT2D eigenvalue weighted by Crippen LogP contribution is -2.35. The molecule has 0 saturated carbocycles. The van der Waals surface area contributed by atoms with Crippen LogP contribution in [0.1, 0.15) is 22.8 Å². The van der Waals surface area contributed by atoms with Gasteiger partial charge < -0.3 is 4.90 Å². The first-order valence-electron chi connectivity index (χ1n) is 9.55. The SMILES string of the molecule is C[C@@H]1Cc2cc(S(=O)(=O)Nc3ccc([N+](=O)[O-])cc3)ccc2N1C(=O)c1ccccc1. The molecule has 31 heavy (non-hydrogen) atoms. The molecule has 1 aliphatic heterocycles. The summed E-state index contributed by atoms with van der Waals surface area (Å²) in [5.41, 5.74) is 2.12. The lowest BCUT2D eigenvalue weighted by Gasteiger charge is -2.23. The number of hydrogen-bond donors (Lipinski definition) is 1. The van der Waals surface area contributed by atoms with E-state index < -0.39 is 14.9 Å². The summed E-state index contributed by atoms with van der Waals surface area (Å²) in [7, 11) is -3.90. The summed E-state index contributed by atoms with van der Waals surface area (Å²) in [4.78, 5) is 24.9. The van der Waals surface area contributed by atoms with Gasteiger partial charge in [-0.25, -0.2) is 8.42 Å². The third kappa shape index (κ3) is 3.99. The Hall–Kier alpha value is -3.72. The summed E-state index contributed by atoms with van der Waals surface area (Å²) < 4.78 is 28.1. The molecule has 1 aliphatic rings. The van der Waals surface area contributed by atoms with Crippen molar-refractivity contribution in [2.75, 3.05) is 9.62 Å². The summed E-state index contributed by atoms with van der Waals surface area (Å²) in [5, 5.41) is 10.8. The van der Waals surface area contributed by atoms with Crippen molar-refractivity contribution in [1.29, 1.82) is 0 Å². The normalized spacial score (nSPS) is 15.4. The minimum absolute atomic E-state index is 0.0609. The van der Waals surface area contributed by atoms with Crippen LogP contribution in [0.3, 0.4) is 0 Å². The molecule has 1 heterocycles. The quantitative estimate of drug-likeness (QED) is 0.479. The zero-order chi connectivity index (χ0) is 22.2. The standard InChI is InChI=1S/C22H19N3O5S/c1-15-13-17-14-20(31(29,30)23-18-7-9-19(10-8-18)25(27)28)11-12-21(17)24(15)22(26)16-5-3-2-4-6-16/h2-12,14-15,23H,13H2,1H3/t15-/m1/s1. The minimum Gasteiger partial charge on any atom is -0.305 e. The minimum atomic E-state index is -3.90. The van der Waals surface area contributed by atoms with Gasteiger partial charge in [0, 0.05) is 35.1 Å². The van der Waals surface area contributed by atoms with Gasteiger partial charge in [0.05, 0.1) is 9.82 Å². The van der Waals surface area contributed by atoms with E-state index in [0.717, 1.165) is 5.56 Å². The van der Waals surface area contributed by atoms with Gasteiger partial charge in [0.25, 0.3) is 21.6 Å². The second-order valence-electron chi connectivity index (χ2n) is 7.29. The van der Waals surface area contributed by atoms with Crippen LogP contribution in [-0.4, -0.2) is 25.3 Å². The van der Waals surface area contributed by atoms with Crippen LogP contribution in [0.5, 0.6) is 0 Å². The second-order valence-corrected chi connectivity index (χ2v) is 8.98. The zero-order valence-electron chi connectivity index (χ0n) is 16.6. The van der Waals surface area contributed by atoms with Crippen molar-refractivity contribution < 1.29 is 18.1 Å². The molecule has 3 aromatic rings. The molecule has 0 saturated heterocycles. The molecule has 3 aromatic carbocycles. The smallest absolute Gasteiger partial charge is 0.269 e. The highest BCUT2D eigenvalue weighted by molar-refractivity contribution is 7.92. The second kappa shape index (κ2) is 7.84. The fourth-order valence-corrected chi connectivity index (χ4v) is 4.78. The number of carbonyl (C=O) groups is 1. The number of carbonyl (C=O) groups excluding carboxylic acids is 1. The molecular weight excluding hydrogens is 418 g/mol. The number of nitro benzene ring substituents is 1. The number of anilines is 2. The first-order valence-corrected chi connectivity index (χ1v) is 11.0. The Labute approximate surface area is 179 Å². The molecule has 0 aromatic heterocycles. The van der Waals surface area contributed by atoms with E-state index in [0.29, 0.717) is 17.7 Å². The Kier molecular flexibility index (Phi) is 5.20. The lowest BCUT2D eigenvalue weighted by molar-refractivity contribution is -0.384. The first kappa shape index (κ1) is 20.5. The van der Waals surface area contributed by atoms with Crippen molar-refractivity contribution in [2.45, 2.75) is 24.3 Å². The van der Waals surface area contributed by atoms with Gasteiger partial charge in [-0.15, -0.1) is 0 Å². The van der Waals surface area contributed by atoms with Gasteiger partial charge in [-0.05, 0) is 61.4 Å². The van der Waals surface area contributed by atoms with Crippen molar-refractivity contribution in [3.63, 3.8) is 0 Å². The molecule has 8 nitrogen and oxygen atoms in total. The number of nitro groups is 1. The number of fused-ring (bicyclic) bond motifs is 1. The Balaban J connectivity index is 1.60. The molecule has 1 amide bonds. The van der Waals surface area contributed by atoms with E-state index in [1.54, 1.807) is 41.3 Å². The van der Waals surface area contributed by atoms with Gasteiger partial charge in [0.1, 0.15) is 0 Å². The maximum absolute atomic E-state index is 13.0. The van der Waals surface area contributed by atoms with E-state index >= 15 is 0 Å². The van der Waals surface area contributed by atoms with Gasteiger partial charge in [-0.1, -0.05) is 18.2 Å². The van der Waals surface area contributed by atoms with E-state index in [1.807, 2.05) is 13.0 Å². The summed E-state index contributed by atoms with van der Waals surface area (Å²) in [6, 6.07) is 18.6. The molecule has 0 aliphatic carbocycles. The Morgan fingerprint density at radius 1 is 1.06 bits per heavy atom. The largest absolute Gasteiger partial charge is 0.305 e. The molecule has 1 N–H and O–H groups in total. The van der Waals surface area contributed by atoms with Crippen LogP contribution in [-0.2, 0) is 16.4 Å². The number of non-ortho nitro benzene ring substituents is 1. The zero-order valence-corrected chi connectivity index (χ0v) is 17.4. The fraction of sp³-hybridized carbons (Fsp3) is 0.136.